The monoisotopic (exact) mass is 1300 g/mol. The van der Waals surface area contributed by atoms with Gasteiger partial charge < -0.3 is 44.9 Å². The van der Waals surface area contributed by atoms with Gasteiger partial charge in [-0.1, -0.05) is 129 Å². The third-order valence-electron chi connectivity index (χ3n) is 18.3. The second-order valence-electron chi connectivity index (χ2n) is 25.3. The molecule has 18 heteroatoms. The van der Waals surface area contributed by atoms with Crippen molar-refractivity contribution in [1.29, 1.82) is 0 Å². The molecule has 0 saturated carbocycles. The zero-order valence-electron chi connectivity index (χ0n) is 56.1. The SMILES string of the molecule is C=C(NCCc1ccccc1)c1ncc(C2=CCc3ncc(N4CCOCC4)cc32)cn1.C=C(N[C@@H](C)Cc1ccccc1)c1ncc(C2=CCc3ncc(N4CCOCC4)cc32)cn1.C=C(N[C@H](C)Cc1ccccc1)c1ncc(C2=CCc3ncc(N4CCOCC4)cc32)cn1. The molecule has 98 heavy (non-hydrogen) atoms. The van der Waals surface area contributed by atoms with Crippen molar-refractivity contribution in [1.82, 2.24) is 60.8 Å². The average Bonchev–Trinajstić information content (AvgIpc) is 1.63. The van der Waals surface area contributed by atoms with Gasteiger partial charge in [-0.3, -0.25) is 15.0 Å². The molecule has 6 aliphatic rings. The summed E-state index contributed by atoms with van der Waals surface area (Å²) in [5.41, 5.74) is 22.8. The van der Waals surface area contributed by atoms with E-state index in [9.17, 15) is 0 Å². The number of anilines is 3. The van der Waals surface area contributed by atoms with Gasteiger partial charge in [0.2, 0.25) is 0 Å². The van der Waals surface area contributed by atoms with Gasteiger partial charge >= 0.3 is 0 Å². The highest BCUT2D eigenvalue weighted by atomic mass is 16.5. The van der Waals surface area contributed by atoms with Crippen molar-refractivity contribution in [2.24, 2.45) is 0 Å². The van der Waals surface area contributed by atoms with Crippen LogP contribution in [0.4, 0.5) is 17.1 Å². The molecule has 0 unspecified atom stereocenters. The Hall–Kier alpha value is -10.5. The van der Waals surface area contributed by atoms with Crippen LogP contribution in [0.1, 0.15) is 98.5 Å². The summed E-state index contributed by atoms with van der Waals surface area (Å²) in [5, 5.41) is 10.2. The highest BCUT2D eigenvalue weighted by Crippen LogP contribution is 2.37. The number of rotatable bonds is 21. The molecule has 18 nitrogen and oxygen atoms in total. The van der Waals surface area contributed by atoms with E-state index in [1.807, 2.05) is 74.0 Å². The zero-order chi connectivity index (χ0) is 67.0. The zero-order valence-corrected chi connectivity index (χ0v) is 56.1. The number of pyridine rings is 3. The van der Waals surface area contributed by atoms with Crippen LogP contribution >= 0.6 is 0 Å². The molecule has 9 heterocycles. The first-order chi connectivity index (χ1) is 48.1. The second-order valence-corrected chi connectivity index (χ2v) is 25.3. The lowest BCUT2D eigenvalue weighted by Gasteiger charge is -2.29. The molecule has 498 valence electrons. The van der Waals surface area contributed by atoms with E-state index in [1.54, 1.807) is 0 Å². The third kappa shape index (κ3) is 16.6. The summed E-state index contributed by atoms with van der Waals surface area (Å²) in [6.45, 7) is 27.5. The number of allylic oxidation sites excluding steroid dienone is 3. The van der Waals surface area contributed by atoms with Gasteiger partial charge in [0, 0.05) is 148 Å². The van der Waals surface area contributed by atoms with E-state index in [4.69, 9.17) is 29.2 Å². The fourth-order valence-corrected chi connectivity index (χ4v) is 13.1. The van der Waals surface area contributed by atoms with E-state index in [0.717, 1.165) is 209 Å². The summed E-state index contributed by atoms with van der Waals surface area (Å²) >= 11 is 0. The summed E-state index contributed by atoms with van der Waals surface area (Å²) in [6.07, 6.45) is 29.2. The molecule has 0 radical (unpaired) electrons. The van der Waals surface area contributed by atoms with E-state index in [2.05, 4.69) is 203 Å². The minimum Gasteiger partial charge on any atom is -0.382 e. The normalized spacial score (nSPS) is 15.9. The van der Waals surface area contributed by atoms with Crippen molar-refractivity contribution < 1.29 is 14.2 Å². The van der Waals surface area contributed by atoms with Gasteiger partial charge in [0.25, 0.3) is 0 Å². The minimum atomic E-state index is 0.234. The van der Waals surface area contributed by atoms with Gasteiger partial charge in [-0.05, 0) is 84.7 Å². The number of benzene rings is 3. The lowest BCUT2D eigenvalue weighted by molar-refractivity contribution is 0.122. The Morgan fingerprint density at radius 3 is 1.03 bits per heavy atom. The van der Waals surface area contributed by atoms with Crippen LogP contribution in [0, 0.1) is 0 Å². The lowest BCUT2D eigenvalue weighted by atomic mass is 10.0. The van der Waals surface area contributed by atoms with Crippen molar-refractivity contribution in [3.63, 3.8) is 0 Å². The maximum absolute atomic E-state index is 5.49. The van der Waals surface area contributed by atoms with Crippen molar-refractivity contribution in [3.8, 4) is 0 Å². The van der Waals surface area contributed by atoms with Crippen LogP contribution in [0.25, 0.3) is 33.8 Å². The number of ether oxygens (including phenoxy) is 3. The summed E-state index contributed by atoms with van der Waals surface area (Å²) < 4.78 is 16.5. The molecule has 6 aromatic heterocycles. The Labute approximate surface area is 575 Å². The summed E-state index contributed by atoms with van der Waals surface area (Å²) in [5.74, 6) is 1.87. The highest BCUT2D eigenvalue weighted by molar-refractivity contribution is 5.87. The van der Waals surface area contributed by atoms with Crippen LogP contribution in [-0.2, 0) is 52.7 Å². The van der Waals surface area contributed by atoms with Crippen molar-refractivity contribution in [2.45, 2.75) is 64.5 Å². The lowest BCUT2D eigenvalue weighted by Crippen LogP contribution is -2.36. The summed E-state index contributed by atoms with van der Waals surface area (Å²) in [4.78, 5) is 48.7. The van der Waals surface area contributed by atoms with Gasteiger partial charge in [-0.2, -0.15) is 0 Å². The Morgan fingerprint density at radius 2 is 0.704 bits per heavy atom. The van der Waals surface area contributed by atoms with Gasteiger partial charge in [0.05, 0.1) is 109 Å². The van der Waals surface area contributed by atoms with E-state index in [0.29, 0.717) is 17.5 Å². The van der Waals surface area contributed by atoms with E-state index in [1.165, 1.54) is 33.4 Å². The maximum Gasteiger partial charge on any atom is 0.174 e. The molecule has 0 spiro atoms. The molecule has 0 bridgehead atoms. The molecule has 3 saturated heterocycles. The Morgan fingerprint density at radius 1 is 0.398 bits per heavy atom. The molecule has 15 rings (SSSR count). The molecular formula is C80H85N15O3. The molecule has 2 atom stereocenters. The first-order valence-electron chi connectivity index (χ1n) is 34.1. The number of nitrogens with zero attached hydrogens (tertiary/aromatic N) is 12. The van der Waals surface area contributed by atoms with Gasteiger partial charge in [0.15, 0.2) is 17.5 Å². The first-order valence-corrected chi connectivity index (χ1v) is 34.1. The van der Waals surface area contributed by atoms with Crippen LogP contribution in [0.3, 0.4) is 0 Å². The van der Waals surface area contributed by atoms with Crippen LogP contribution in [0.2, 0.25) is 0 Å². The Balaban J connectivity index is 0.000000132. The minimum absolute atomic E-state index is 0.234. The largest absolute Gasteiger partial charge is 0.382 e. The Bertz CT molecular complexity index is 4110. The average molecular weight is 1300 g/mol. The number of morpholine rings is 3. The molecule has 3 aliphatic carbocycles. The van der Waals surface area contributed by atoms with Crippen LogP contribution in [-0.4, -0.2) is 142 Å². The highest BCUT2D eigenvalue weighted by Gasteiger charge is 2.25. The number of hydrogen-bond acceptors (Lipinski definition) is 18. The topological polar surface area (TPSA) is 190 Å². The molecule has 3 N–H and O–H groups in total. The van der Waals surface area contributed by atoms with Gasteiger partial charge in [-0.15, -0.1) is 0 Å². The van der Waals surface area contributed by atoms with Crippen molar-refractivity contribution in [3.05, 3.63) is 288 Å². The van der Waals surface area contributed by atoms with E-state index in [-0.39, 0.29) is 12.1 Å². The molecule has 3 aliphatic heterocycles. The predicted molar refractivity (Wildman–Crippen MR) is 391 cm³/mol. The fourth-order valence-electron chi connectivity index (χ4n) is 13.1. The first kappa shape index (κ1) is 66.1. The van der Waals surface area contributed by atoms with Crippen LogP contribution < -0.4 is 30.7 Å². The standard InChI is InChI=1S/2C27H29N5O.C26H27N5O/c2*1-19(14-21-6-4-3-5-7-21)31-20(2)27-29-16-22(17-30-27)24-8-9-26-25(24)15-23(18-28-26)32-10-12-33-13-11-32;1-19(27-10-9-20-5-3-2-4-6-20)26-29-16-21(17-30-26)23-7-8-25-24(23)15-22(18-28-25)31-11-13-32-14-12-31/h2*3-8,15-19,31H,2,9-14H2,1H3;2-7,15-18,27H,1,8-14H2/t2*19-;/m10./s1. The molecule has 3 aromatic carbocycles. The predicted octanol–water partition coefficient (Wildman–Crippen LogP) is 11.3. The van der Waals surface area contributed by atoms with E-state index < -0.39 is 0 Å². The molecule has 3 fully saturated rings. The number of fused-ring (bicyclic) bond motifs is 3. The van der Waals surface area contributed by atoms with Gasteiger partial charge in [0.1, 0.15) is 0 Å². The van der Waals surface area contributed by atoms with Crippen LogP contribution in [0.15, 0.2) is 203 Å². The second kappa shape index (κ2) is 32.0. The van der Waals surface area contributed by atoms with Crippen LogP contribution in [0.5, 0.6) is 0 Å². The fraction of sp³-hybridized carbons (Fsp3) is 0.287. The molecule has 0 amide bonds. The summed E-state index contributed by atoms with van der Waals surface area (Å²) in [7, 11) is 0. The molecule has 9 aromatic rings. The van der Waals surface area contributed by atoms with Crippen molar-refractivity contribution in [2.75, 3.05) is 100 Å². The van der Waals surface area contributed by atoms with Crippen molar-refractivity contribution >= 4 is 50.9 Å². The third-order valence-corrected chi connectivity index (χ3v) is 18.3. The molecular weight excluding hydrogens is 1220 g/mol. The van der Waals surface area contributed by atoms with E-state index >= 15 is 0 Å². The smallest absolute Gasteiger partial charge is 0.174 e. The van der Waals surface area contributed by atoms with Gasteiger partial charge in [-0.25, -0.2) is 29.9 Å². The summed E-state index contributed by atoms with van der Waals surface area (Å²) in [6, 6.07) is 38.5. The Kier molecular flexibility index (Phi) is 21.6. The maximum atomic E-state index is 5.49. The quantitative estimate of drug-likeness (QED) is 0.0615. The number of nitrogens with one attached hydrogen (secondary N) is 3. The number of hydrogen-bond donors (Lipinski definition) is 3. The number of aromatic nitrogens is 9.